The van der Waals surface area contributed by atoms with Crippen molar-refractivity contribution in [3.05, 3.63) is 279 Å². The van der Waals surface area contributed by atoms with Gasteiger partial charge in [0.05, 0.1) is 0 Å². The van der Waals surface area contributed by atoms with Crippen molar-refractivity contribution in [3.63, 3.8) is 0 Å². The molecule has 8 aromatic carbocycles. The fourth-order valence-corrected chi connectivity index (χ4v) is 9.47. The topological polar surface area (TPSA) is 51.6 Å². The lowest BCUT2D eigenvalue weighted by molar-refractivity contribution is 1.19. The molecule has 7 nitrogen and oxygen atoms in total. The molecule has 73 heavy (non-hydrogen) atoms. The Kier molecular flexibility index (Phi) is 13.0. The number of nitrogens with zero attached hydrogens (tertiary/aromatic N) is 7. The summed E-state index contributed by atoms with van der Waals surface area (Å²) in [5.41, 5.74) is 21.2. The number of hydrogen-bond acceptors (Lipinski definition) is 7. The van der Waals surface area contributed by atoms with Crippen LogP contribution in [0, 0.1) is 13.8 Å². The Hall–Kier alpha value is -9.59. The predicted octanol–water partition coefficient (Wildman–Crippen LogP) is 17.7. The van der Waals surface area contributed by atoms with Gasteiger partial charge in [0, 0.05) is 107 Å². The van der Waals surface area contributed by atoms with Gasteiger partial charge in [0.25, 0.3) is 0 Å². The standard InChI is InChI=1S/C66H53N7/c1-48-6-4-8-65(46-48)73(66-9-5-7-49(2)47-66)62-32-20-55(21-33-62)54-18-30-61(31-19-54)72(64-38-44-69-45-39-64)60-28-16-53(17-29-60)52-14-26-59(27-15-52)71(63-36-42-68-43-37-63)58-24-12-51(13-25-58)50-10-22-56(23-11-50)70(3)57-34-40-67-41-35-57/h4-47H,1-3H3. The SMILES string of the molecule is Cc1cccc(N(c2ccc(-c3ccc(N(c4ccncc4)c4ccc(-c5ccc(N(c6ccncc6)c6ccc(-c7ccc(N(C)c8ccncc8)cc7)cc6)cc5)cc4)cc3)cc2)c2cccc(C)c2)c1. The smallest absolute Gasteiger partial charge is 0.0492 e. The monoisotopic (exact) mass is 943 g/mol. The summed E-state index contributed by atoms with van der Waals surface area (Å²) in [5.74, 6) is 0. The molecule has 0 aliphatic heterocycles. The van der Waals surface area contributed by atoms with Gasteiger partial charge in [-0.3, -0.25) is 15.0 Å². The maximum absolute atomic E-state index is 4.34. The lowest BCUT2D eigenvalue weighted by Gasteiger charge is -2.26. The van der Waals surface area contributed by atoms with Crippen molar-refractivity contribution >= 4 is 62.6 Å². The predicted molar refractivity (Wildman–Crippen MR) is 304 cm³/mol. The summed E-state index contributed by atoms with van der Waals surface area (Å²) < 4.78 is 0. The van der Waals surface area contributed by atoms with Gasteiger partial charge in [0.2, 0.25) is 0 Å². The van der Waals surface area contributed by atoms with Gasteiger partial charge in [0.1, 0.15) is 0 Å². The second-order valence-electron chi connectivity index (χ2n) is 18.1. The van der Waals surface area contributed by atoms with Gasteiger partial charge in [-0.15, -0.1) is 0 Å². The highest BCUT2D eigenvalue weighted by molar-refractivity contribution is 5.84. The molecule has 0 saturated heterocycles. The van der Waals surface area contributed by atoms with Crippen molar-refractivity contribution < 1.29 is 0 Å². The molecule has 3 aromatic heterocycles. The van der Waals surface area contributed by atoms with E-state index in [1.54, 1.807) is 0 Å². The number of anilines is 11. The Labute approximate surface area is 428 Å². The molecule has 0 aliphatic carbocycles. The minimum absolute atomic E-state index is 1.03. The quantitative estimate of drug-likeness (QED) is 0.108. The van der Waals surface area contributed by atoms with Crippen LogP contribution in [0.2, 0.25) is 0 Å². The van der Waals surface area contributed by atoms with Crippen LogP contribution in [-0.2, 0) is 0 Å². The first kappa shape index (κ1) is 45.8. The average Bonchev–Trinajstić information content (AvgIpc) is 3.45. The molecule has 3 heterocycles. The average molecular weight is 944 g/mol. The van der Waals surface area contributed by atoms with Crippen LogP contribution in [-0.4, -0.2) is 22.0 Å². The highest BCUT2D eigenvalue weighted by Crippen LogP contribution is 2.41. The van der Waals surface area contributed by atoms with Crippen molar-refractivity contribution in [2.24, 2.45) is 0 Å². The first-order valence-electron chi connectivity index (χ1n) is 24.5. The molecule has 11 rings (SSSR count). The normalized spacial score (nSPS) is 10.9. The Balaban J connectivity index is 0.820. The number of benzene rings is 8. The molecule has 0 atom stereocenters. The molecule has 352 valence electrons. The molecule has 0 unspecified atom stereocenters. The van der Waals surface area contributed by atoms with Crippen molar-refractivity contribution in [1.29, 1.82) is 0 Å². The zero-order valence-electron chi connectivity index (χ0n) is 41.0. The highest BCUT2D eigenvalue weighted by atomic mass is 15.2. The molecule has 0 saturated carbocycles. The van der Waals surface area contributed by atoms with Crippen LogP contribution in [0.1, 0.15) is 11.1 Å². The van der Waals surface area contributed by atoms with E-state index in [9.17, 15) is 0 Å². The number of aromatic nitrogens is 3. The van der Waals surface area contributed by atoms with Crippen LogP contribution in [0.5, 0.6) is 0 Å². The van der Waals surface area contributed by atoms with Crippen molar-refractivity contribution in [2.45, 2.75) is 13.8 Å². The highest BCUT2D eigenvalue weighted by Gasteiger charge is 2.17. The van der Waals surface area contributed by atoms with Crippen molar-refractivity contribution in [3.8, 4) is 33.4 Å². The van der Waals surface area contributed by atoms with Crippen molar-refractivity contribution in [2.75, 3.05) is 26.6 Å². The molecule has 11 aromatic rings. The largest absolute Gasteiger partial charge is 0.345 e. The van der Waals surface area contributed by atoms with E-state index in [0.29, 0.717) is 0 Å². The van der Waals surface area contributed by atoms with Gasteiger partial charge in [-0.2, -0.15) is 0 Å². The zero-order valence-corrected chi connectivity index (χ0v) is 41.0. The third-order valence-corrected chi connectivity index (χ3v) is 13.3. The Morgan fingerprint density at radius 2 is 0.452 bits per heavy atom. The van der Waals surface area contributed by atoms with Crippen LogP contribution in [0.3, 0.4) is 0 Å². The molecule has 0 fully saturated rings. The molecule has 0 spiro atoms. The molecule has 0 amide bonds. The van der Waals surface area contributed by atoms with Gasteiger partial charge >= 0.3 is 0 Å². The summed E-state index contributed by atoms with van der Waals surface area (Å²) >= 11 is 0. The van der Waals surface area contributed by atoms with Crippen LogP contribution in [0.4, 0.5) is 62.6 Å². The maximum Gasteiger partial charge on any atom is 0.0492 e. The molecule has 7 heteroatoms. The van der Waals surface area contributed by atoms with E-state index in [0.717, 1.165) is 95.9 Å². The van der Waals surface area contributed by atoms with Gasteiger partial charge in [-0.05, 0) is 192 Å². The maximum atomic E-state index is 4.34. The third kappa shape index (κ3) is 10.1. The molecule has 0 N–H and O–H groups in total. The summed E-state index contributed by atoms with van der Waals surface area (Å²) in [7, 11) is 2.07. The summed E-state index contributed by atoms with van der Waals surface area (Å²) in [4.78, 5) is 21.9. The summed E-state index contributed by atoms with van der Waals surface area (Å²) in [5, 5.41) is 0. The minimum atomic E-state index is 1.03. The molecule has 0 radical (unpaired) electrons. The zero-order chi connectivity index (χ0) is 49.5. The summed E-state index contributed by atoms with van der Waals surface area (Å²) in [6, 6.07) is 82.3. The van der Waals surface area contributed by atoms with Crippen molar-refractivity contribution in [1.82, 2.24) is 15.0 Å². The van der Waals surface area contributed by atoms with E-state index in [-0.39, 0.29) is 0 Å². The summed E-state index contributed by atoms with van der Waals surface area (Å²) in [6.07, 6.45) is 11.0. The minimum Gasteiger partial charge on any atom is -0.345 e. The number of hydrogen-bond donors (Lipinski definition) is 0. The van der Waals surface area contributed by atoms with E-state index in [1.807, 2.05) is 61.4 Å². The molecule has 0 aliphatic rings. The van der Waals surface area contributed by atoms with E-state index in [1.165, 1.54) is 11.1 Å². The first-order chi connectivity index (χ1) is 35.9. The van der Waals surface area contributed by atoms with Gasteiger partial charge in [-0.1, -0.05) is 97.1 Å². The Bertz CT molecular complexity index is 3510. The fourth-order valence-electron chi connectivity index (χ4n) is 9.47. The van der Waals surface area contributed by atoms with Gasteiger partial charge < -0.3 is 19.6 Å². The number of pyridine rings is 3. The third-order valence-electron chi connectivity index (χ3n) is 13.3. The Morgan fingerprint density at radius 1 is 0.233 bits per heavy atom. The van der Waals surface area contributed by atoms with E-state index in [4.69, 9.17) is 0 Å². The van der Waals surface area contributed by atoms with E-state index in [2.05, 4.69) is 262 Å². The van der Waals surface area contributed by atoms with E-state index >= 15 is 0 Å². The van der Waals surface area contributed by atoms with Gasteiger partial charge in [-0.25, -0.2) is 0 Å². The molecular formula is C66H53N7. The Morgan fingerprint density at radius 3 is 0.726 bits per heavy atom. The first-order valence-corrected chi connectivity index (χ1v) is 24.5. The van der Waals surface area contributed by atoms with Crippen LogP contribution < -0.4 is 19.6 Å². The second-order valence-corrected chi connectivity index (χ2v) is 18.1. The molecule has 0 bridgehead atoms. The van der Waals surface area contributed by atoms with Crippen LogP contribution in [0.15, 0.2) is 268 Å². The van der Waals surface area contributed by atoms with Gasteiger partial charge in [0.15, 0.2) is 0 Å². The second kappa shape index (κ2) is 20.8. The molecular weight excluding hydrogens is 891 g/mol. The summed E-state index contributed by atoms with van der Waals surface area (Å²) in [6.45, 7) is 4.28. The lowest BCUT2D eigenvalue weighted by Crippen LogP contribution is -2.10. The number of rotatable bonds is 14. The van der Waals surface area contributed by atoms with Crippen LogP contribution >= 0.6 is 0 Å². The lowest BCUT2D eigenvalue weighted by atomic mass is 10.0. The number of aryl methyl sites for hydroxylation is 2. The fraction of sp³-hybridized carbons (Fsp3) is 0.0455. The van der Waals surface area contributed by atoms with Crippen LogP contribution in [0.25, 0.3) is 33.4 Å². The van der Waals surface area contributed by atoms with E-state index < -0.39 is 0 Å².